The molecule has 1 unspecified atom stereocenters. The number of carbonyl (C=O) groups excluding carboxylic acids is 1. The van der Waals surface area contributed by atoms with Crippen LogP contribution in [-0.4, -0.2) is 54.5 Å². The van der Waals surface area contributed by atoms with Gasteiger partial charge in [0.15, 0.2) is 0 Å². The minimum atomic E-state index is 0.0295. The maximum atomic E-state index is 12.5. The summed E-state index contributed by atoms with van der Waals surface area (Å²) in [4.78, 5) is 17.5. The summed E-state index contributed by atoms with van der Waals surface area (Å²) >= 11 is 0. The lowest BCUT2D eigenvalue weighted by Crippen LogP contribution is -2.51. The summed E-state index contributed by atoms with van der Waals surface area (Å²) in [5, 5.41) is 5.64. The van der Waals surface area contributed by atoms with Crippen LogP contribution in [0.15, 0.2) is 42.5 Å². The minimum absolute atomic E-state index is 0.0295. The second kappa shape index (κ2) is 8.41. The van der Waals surface area contributed by atoms with E-state index in [2.05, 4.69) is 64.5 Å². The molecule has 0 bridgehead atoms. The lowest BCUT2D eigenvalue weighted by Gasteiger charge is -2.37. The minimum Gasteiger partial charge on any atom is -0.348 e. The normalized spacial score (nSPS) is 20.8. The van der Waals surface area contributed by atoms with Gasteiger partial charge in [0.1, 0.15) is 0 Å². The van der Waals surface area contributed by atoms with Crippen molar-refractivity contribution in [2.45, 2.75) is 44.7 Å². The van der Waals surface area contributed by atoms with Crippen LogP contribution in [-0.2, 0) is 4.79 Å². The van der Waals surface area contributed by atoms with E-state index < -0.39 is 0 Å². The van der Waals surface area contributed by atoms with Crippen molar-refractivity contribution in [1.29, 1.82) is 0 Å². The molecule has 0 aromatic heterocycles. The molecule has 1 heterocycles. The topological polar surface area (TPSA) is 35.6 Å². The maximum Gasteiger partial charge on any atom is 0.234 e. The first-order valence-corrected chi connectivity index (χ1v) is 10.4. The standard InChI is InChI=1S/C23H31N3O/c1-18(20-11-10-19-6-2-3-7-21(19)16-20)24-23(27)17-25-12-14-26(15-13-25)22-8-4-5-9-22/h2-3,6-7,10-11,16,18,22H,4-5,8-9,12-15,17H2,1H3,(H,24,27). The Morgan fingerprint density at radius 1 is 1.04 bits per heavy atom. The third-order valence-corrected chi connectivity index (χ3v) is 6.27. The van der Waals surface area contributed by atoms with E-state index in [0.717, 1.165) is 37.8 Å². The molecule has 4 rings (SSSR count). The van der Waals surface area contributed by atoms with E-state index >= 15 is 0 Å². The molecule has 2 aromatic rings. The fourth-order valence-electron chi connectivity index (χ4n) is 4.61. The predicted molar refractivity (Wildman–Crippen MR) is 111 cm³/mol. The van der Waals surface area contributed by atoms with Gasteiger partial charge < -0.3 is 5.32 Å². The molecule has 1 amide bonds. The second-order valence-corrected chi connectivity index (χ2v) is 8.15. The molecule has 4 nitrogen and oxygen atoms in total. The summed E-state index contributed by atoms with van der Waals surface area (Å²) < 4.78 is 0. The summed E-state index contributed by atoms with van der Waals surface area (Å²) in [5.41, 5.74) is 1.16. The van der Waals surface area contributed by atoms with Crippen LogP contribution in [0.2, 0.25) is 0 Å². The first-order valence-electron chi connectivity index (χ1n) is 10.4. The van der Waals surface area contributed by atoms with Crippen LogP contribution >= 0.6 is 0 Å². The van der Waals surface area contributed by atoms with Gasteiger partial charge in [-0.15, -0.1) is 0 Å². The van der Waals surface area contributed by atoms with Gasteiger partial charge in [-0.3, -0.25) is 14.6 Å². The number of rotatable bonds is 5. The van der Waals surface area contributed by atoms with E-state index in [0.29, 0.717) is 6.54 Å². The quantitative estimate of drug-likeness (QED) is 0.880. The van der Waals surface area contributed by atoms with Crippen LogP contribution in [0, 0.1) is 0 Å². The van der Waals surface area contributed by atoms with Crippen molar-refractivity contribution in [3.8, 4) is 0 Å². The van der Waals surface area contributed by atoms with Gasteiger partial charge >= 0.3 is 0 Å². The smallest absolute Gasteiger partial charge is 0.234 e. The van der Waals surface area contributed by atoms with Crippen LogP contribution in [0.3, 0.4) is 0 Å². The van der Waals surface area contributed by atoms with Gasteiger partial charge in [0, 0.05) is 32.2 Å². The molecule has 2 aliphatic rings. The van der Waals surface area contributed by atoms with Gasteiger partial charge in [0.2, 0.25) is 5.91 Å². The van der Waals surface area contributed by atoms with Crippen molar-refractivity contribution >= 4 is 16.7 Å². The molecule has 0 spiro atoms. The molecule has 0 radical (unpaired) electrons. The molecule has 2 aromatic carbocycles. The summed E-state index contributed by atoms with van der Waals surface area (Å²) in [7, 11) is 0. The van der Waals surface area contributed by atoms with E-state index in [4.69, 9.17) is 0 Å². The summed E-state index contributed by atoms with van der Waals surface area (Å²) in [6, 6.07) is 15.6. The number of benzene rings is 2. The average molecular weight is 366 g/mol. The Morgan fingerprint density at radius 3 is 2.48 bits per heavy atom. The van der Waals surface area contributed by atoms with E-state index in [9.17, 15) is 4.79 Å². The van der Waals surface area contributed by atoms with Crippen LogP contribution in [0.4, 0.5) is 0 Å². The molecule has 144 valence electrons. The fraction of sp³-hybridized carbons (Fsp3) is 0.522. The highest BCUT2D eigenvalue weighted by molar-refractivity contribution is 5.83. The molecule has 1 saturated heterocycles. The number of nitrogens with one attached hydrogen (secondary N) is 1. The third-order valence-electron chi connectivity index (χ3n) is 6.27. The Labute approximate surface area is 162 Å². The molecular formula is C23H31N3O. The number of hydrogen-bond acceptors (Lipinski definition) is 3. The number of amides is 1. The van der Waals surface area contributed by atoms with E-state index in [1.807, 2.05) is 0 Å². The Morgan fingerprint density at radius 2 is 1.74 bits per heavy atom. The summed E-state index contributed by atoms with van der Waals surface area (Å²) in [6.07, 6.45) is 5.51. The van der Waals surface area contributed by atoms with Gasteiger partial charge in [-0.2, -0.15) is 0 Å². The van der Waals surface area contributed by atoms with Gasteiger partial charge in [0.05, 0.1) is 12.6 Å². The molecule has 1 N–H and O–H groups in total. The summed E-state index contributed by atoms with van der Waals surface area (Å²) in [6.45, 7) is 6.81. The van der Waals surface area contributed by atoms with Crippen LogP contribution in [0.5, 0.6) is 0 Å². The lowest BCUT2D eigenvalue weighted by molar-refractivity contribution is -0.123. The van der Waals surface area contributed by atoms with Crippen molar-refractivity contribution in [1.82, 2.24) is 15.1 Å². The average Bonchev–Trinajstić information content (AvgIpc) is 3.23. The molecule has 1 aliphatic carbocycles. The molecule has 2 fully saturated rings. The van der Waals surface area contributed by atoms with Crippen molar-refractivity contribution < 1.29 is 4.79 Å². The van der Waals surface area contributed by atoms with Gasteiger partial charge in [-0.1, -0.05) is 49.2 Å². The Kier molecular flexibility index (Phi) is 5.74. The third kappa shape index (κ3) is 4.50. The Balaban J connectivity index is 1.27. The van der Waals surface area contributed by atoms with Gasteiger partial charge in [-0.25, -0.2) is 0 Å². The fourth-order valence-corrected chi connectivity index (χ4v) is 4.61. The first kappa shape index (κ1) is 18.5. The number of piperazine rings is 1. The van der Waals surface area contributed by atoms with Crippen molar-refractivity contribution in [3.63, 3.8) is 0 Å². The maximum absolute atomic E-state index is 12.5. The van der Waals surface area contributed by atoms with Gasteiger partial charge in [-0.05, 0) is 42.2 Å². The zero-order valence-corrected chi connectivity index (χ0v) is 16.4. The highest BCUT2D eigenvalue weighted by atomic mass is 16.2. The number of nitrogens with zero attached hydrogens (tertiary/aromatic N) is 2. The van der Waals surface area contributed by atoms with Crippen molar-refractivity contribution in [2.75, 3.05) is 32.7 Å². The molecule has 4 heteroatoms. The first-order chi connectivity index (χ1) is 13.2. The zero-order chi connectivity index (χ0) is 18.6. The monoisotopic (exact) mass is 365 g/mol. The molecule has 1 atom stereocenters. The Bertz CT molecular complexity index is 776. The van der Waals surface area contributed by atoms with Crippen LogP contribution in [0.1, 0.15) is 44.2 Å². The highest BCUT2D eigenvalue weighted by Crippen LogP contribution is 2.24. The number of carbonyl (C=O) groups is 1. The van der Waals surface area contributed by atoms with Crippen molar-refractivity contribution in [3.05, 3.63) is 48.0 Å². The van der Waals surface area contributed by atoms with E-state index in [-0.39, 0.29) is 11.9 Å². The number of hydrogen-bond donors (Lipinski definition) is 1. The van der Waals surface area contributed by atoms with Gasteiger partial charge in [0.25, 0.3) is 0 Å². The second-order valence-electron chi connectivity index (χ2n) is 8.15. The molecule has 27 heavy (non-hydrogen) atoms. The molecule has 1 aliphatic heterocycles. The highest BCUT2D eigenvalue weighted by Gasteiger charge is 2.26. The lowest BCUT2D eigenvalue weighted by atomic mass is 10.0. The Hall–Kier alpha value is -1.91. The van der Waals surface area contributed by atoms with Crippen LogP contribution < -0.4 is 5.32 Å². The van der Waals surface area contributed by atoms with E-state index in [1.165, 1.54) is 36.5 Å². The van der Waals surface area contributed by atoms with Crippen molar-refractivity contribution in [2.24, 2.45) is 0 Å². The summed E-state index contributed by atoms with van der Waals surface area (Å²) in [5.74, 6) is 0.130. The SMILES string of the molecule is CC(NC(=O)CN1CCN(C2CCCC2)CC1)c1ccc2ccccc2c1. The molecule has 1 saturated carbocycles. The number of fused-ring (bicyclic) bond motifs is 1. The van der Waals surface area contributed by atoms with Crippen LogP contribution in [0.25, 0.3) is 10.8 Å². The van der Waals surface area contributed by atoms with E-state index in [1.54, 1.807) is 0 Å². The predicted octanol–water partition coefficient (Wildman–Crippen LogP) is 3.58. The largest absolute Gasteiger partial charge is 0.348 e. The molecular weight excluding hydrogens is 334 g/mol. The zero-order valence-electron chi connectivity index (χ0n) is 16.4.